The highest BCUT2D eigenvalue weighted by molar-refractivity contribution is 5.69. The first-order chi connectivity index (χ1) is 9.83. The average molecular weight is 258 g/mol. The van der Waals surface area contributed by atoms with Crippen LogP contribution in [-0.2, 0) is 0 Å². The zero-order valence-corrected chi connectivity index (χ0v) is 11.3. The predicted octanol–water partition coefficient (Wildman–Crippen LogP) is 4.65. The lowest BCUT2D eigenvalue weighted by Gasteiger charge is -1.96. The third-order valence-electron chi connectivity index (χ3n) is 3.03. The summed E-state index contributed by atoms with van der Waals surface area (Å²) < 4.78 is 5.72. The first kappa shape index (κ1) is 12.3. The Bertz CT molecular complexity index is 756. The predicted molar refractivity (Wildman–Crippen MR) is 81.3 cm³/mol. The van der Waals surface area contributed by atoms with Gasteiger partial charge >= 0.3 is 0 Å². The van der Waals surface area contributed by atoms with Crippen LogP contribution in [0.3, 0.4) is 0 Å². The van der Waals surface area contributed by atoms with Gasteiger partial charge in [-0.15, -0.1) is 0 Å². The molecular formula is C19H14O. The van der Waals surface area contributed by atoms with Crippen molar-refractivity contribution < 1.29 is 4.42 Å². The lowest BCUT2D eigenvalue weighted by Crippen LogP contribution is -1.78. The number of benzene rings is 2. The molecule has 0 spiro atoms. The molecule has 1 heteroatoms. The van der Waals surface area contributed by atoms with Crippen molar-refractivity contribution in [3.8, 4) is 23.0 Å². The van der Waals surface area contributed by atoms with Crippen LogP contribution in [0.25, 0.3) is 11.1 Å². The molecule has 0 fully saturated rings. The zero-order valence-electron chi connectivity index (χ0n) is 11.3. The van der Waals surface area contributed by atoms with Gasteiger partial charge < -0.3 is 4.42 Å². The fourth-order valence-electron chi connectivity index (χ4n) is 2.09. The minimum absolute atomic E-state index is 0.720. The van der Waals surface area contributed by atoms with Gasteiger partial charge in [0, 0.05) is 11.1 Å². The molecule has 3 aromatic rings. The molecule has 0 bridgehead atoms. The van der Waals surface area contributed by atoms with Crippen molar-refractivity contribution >= 4 is 0 Å². The van der Waals surface area contributed by atoms with E-state index in [4.69, 9.17) is 4.42 Å². The van der Waals surface area contributed by atoms with Gasteiger partial charge in [-0.05, 0) is 36.6 Å². The third kappa shape index (κ3) is 2.65. The van der Waals surface area contributed by atoms with Crippen LogP contribution in [0.5, 0.6) is 0 Å². The van der Waals surface area contributed by atoms with Crippen molar-refractivity contribution in [1.82, 2.24) is 0 Å². The molecule has 1 heterocycles. The summed E-state index contributed by atoms with van der Waals surface area (Å²) in [5.41, 5.74) is 3.16. The maximum Gasteiger partial charge on any atom is 0.185 e. The summed E-state index contributed by atoms with van der Waals surface area (Å²) in [5, 5.41) is 0. The van der Waals surface area contributed by atoms with Crippen LogP contribution in [0.2, 0.25) is 0 Å². The molecule has 0 amide bonds. The van der Waals surface area contributed by atoms with Gasteiger partial charge in [-0.25, -0.2) is 0 Å². The number of furan rings is 1. The van der Waals surface area contributed by atoms with Gasteiger partial charge in [-0.1, -0.05) is 54.5 Å². The zero-order chi connectivity index (χ0) is 13.8. The average Bonchev–Trinajstić information content (AvgIpc) is 2.88. The lowest BCUT2D eigenvalue weighted by molar-refractivity contribution is 0.523. The van der Waals surface area contributed by atoms with Gasteiger partial charge in [-0.3, -0.25) is 0 Å². The van der Waals surface area contributed by atoms with Crippen molar-refractivity contribution in [2.24, 2.45) is 0 Å². The smallest absolute Gasteiger partial charge is 0.185 e. The molecule has 2 aromatic carbocycles. The minimum atomic E-state index is 0.720. The maximum atomic E-state index is 5.72. The highest BCUT2D eigenvalue weighted by Crippen LogP contribution is 2.26. The van der Waals surface area contributed by atoms with Crippen LogP contribution < -0.4 is 0 Å². The van der Waals surface area contributed by atoms with Crippen molar-refractivity contribution in [1.29, 1.82) is 0 Å². The van der Waals surface area contributed by atoms with Crippen LogP contribution in [0, 0.1) is 18.8 Å². The lowest BCUT2D eigenvalue weighted by atomic mass is 10.1. The van der Waals surface area contributed by atoms with Gasteiger partial charge in [0.1, 0.15) is 5.76 Å². The number of hydrogen-bond acceptors (Lipinski definition) is 1. The Balaban J connectivity index is 2.02. The molecule has 0 atom stereocenters. The Morgan fingerprint density at radius 2 is 1.45 bits per heavy atom. The minimum Gasteiger partial charge on any atom is -0.452 e. The van der Waals surface area contributed by atoms with E-state index in [-0.39, 0.29) is 0 Å². The van der Waals surface area contributed by atoms with Crippen LogP contribution in [0.4, 0.5) is 0 Å². The Morgan fingerprint density at radius 1 is 0.800 bits per heavy atom. The van der Waals surface area contributed by atoms with Gasteiger partial charge in [-0.2, -0.15) is 0 Å². The molecule has 0 unspecified atom stereocenters. The van der Waals surface area contributed by atoms with E-state index in [0.29, 0.717) is 0 Å². The largest absolute Gasteiger partial charge is 0.452 e. The Morgan fingerprint density at radius 3 is 2.15 bits per heavy atom. The number of aryl methyl sites for hydroxylation is 1. The number of rotatable bonds is 1. The van der Waals surface area contributed by atoms with Gasteiger partial charge in [0.15, 0.2) is 5.76 Å². The first-order valence-corrected chi connectivity index (χ1v) is 6.56. The van der Waals surface area contributed by atoms with E-state index in [9.17, 15) is 0 Å². The summed E-state index contributed by atoms with van der Waals surface area (Å²) in [6.45, 7) is 1.94. The topological polar surface area (TPSA) is 13.1 Å². The maximum absolute atomic E-state index is 5.72. The van der Waals surface area contributed by atoms with E-state index in [1.807, 2.05) is 61.5 Å². The molecule has 0 aliphatic rings. The Hall–Kier alpha value is -2.72. The van der Waals surface area contributed by atoms with Gasteiger partial charge in [0.05, 0.1) is 0 Å². The van der Waals surface area contributed by atoms with E-state index < -0.39 is 0 Å². The van der Waals surface area contributed by atoms with Crippen LogP contribution >= 0.6 is 0 Å². The van der Waals surface area contributed by atoms with E-state index in [1.165, 1.54) is 0 Å². The second-order valence-electron chi connectivity index (χ2n) is 4.58. The van der Waals surface area contributed by atoms with Gasteiger partial charge in [0.25, 0.3) is 0 Å². The van der Waals surface area contributed by atoms with Crippen LogP contribution in [0.1, 0.15) is 17.1 Å². The van der Waals surface area contributed by atoms with E-state index in [0.717, 1.165) is 28.2 Å². The normalized spacial score (nSPS) is 9.85. The summed E-state index contributed by atoms with van der Waals surface area (Å²) >= 11 is 0. The third-order valence-corrected chi connectivity index (χ3v) is 3.03. The Kier molecular flexibility index (Phi) is 3.39. The molecule has 0 N–H and O–H groups in total. The molecule has 0 aliphatic carbocycles. The van der Waals surface area contributed by atoms with Gasteiger partial charge in [0.2, 0.25) is 0 Å². The molecule has 0 aliphatic heterocycles. The SMILES string of the molecule is Cc1cc(-c2ccccc2)c(C#Cc2ccccc2)o1. The van der Waals surface area contributed by atoms with Crippen LogP contribution in [-0.4, -0.2) is 0 Å². The Labute approximate surface area is 118 Å². The van der Waals surface area contributed by atoms with Crippen molar-refractivity contribution in [3.05, 3.63) is 83.8 Å². The molecule has 0 saturated carbocycles. The summed E-state index contributed by atoms with van der Waals surface area (Å²) in [5.74, 6) is 7.87. The molecule has 20 heavy (non-hydrogen) atoms. The van der Waals surface area contributed by atoms with Crippen molar-refractivity contribution in [2.75, 3.05) is 0 Å². The summed E-state index contributed by atoms with van der Waals surface area (Å²) in [7, 11) is 0. The number of hydrogen-bond donors (Lipinski definition) is 0. The van der Waals surface area contributed by atoms with E-state index in [2.05, 4.69) is 24.0 Å². The molecule has 0 saturated heterocycles. The molecule has 0 radical (unpaired) electrons. The second kappa shape index (κ2) is 5.50. The fourth-order valence-corrected chi connectivity index (χ4v) is 2.09. The second-order valence-corrected chi connectivity index (χ2v) is 4.58. The highest BCUT2D eigenvalue weighted by Gasteiger charge is 2.08. The van der Waals surface area contributed by atoms with Crippen molar-refractivity contribution in [3.63, 3.8) is 0 Å². The highest BCUT2D eigenvalue weighted by atomic mass is 16.3. The van der Waals surface area contributed by atoms with E-state index >= 15 is 0 Å². The molecule has 1 nitrogen and oxygen atoms in total. The fraction of sp³-hybridized carbons (Fsp3) is 0.0526. The molecule has 96 valence electrons. The van der Waals surface area contributed by atoms with E-state index in [1.54, 1.807) is 0 Å². The summed E-state index contributed by atoms with van der Waals surface area (Å²) in [4.78, 5) is 0. The first-order valence-electron chi connectivity index (χ1n) is 6.56. The monoisotopic (exact) mass is 258 g/mol. The standard InChI is InChI=1S/C19H14O/c1-15-14-18(17-10-6-3-7-11-17)19(20-15)13-12-16-8-4-2-5-9-16/h2-11,14H,1H3. The quantitative estimate of drug-likeness (QED) is 0.579. The molecule has 3 rings (SSSR count). The summed E-state index contributed by atoms with van der Waals surface area (Å²) in [6, 6.07) is 22.1. The molecule has 1 aromatic heterocycles. The van der Waals surface area contributed by atoms with Crippen molar-refractivity contribution in [2.45, 2.75) is 6.92 Å². The van der Waals surface area contributed by atoms with Crippen LogP contribution in [0.15, 0.2) is 71.1 Å². The molecular weight excluding hydrogens is 244 g/mol. The summed E-state index contributed by atoms with van der Waals surface area (Å²) in [6.07, 6.45) is 0.